The molecule has 1 aromatic heterocycles. The monoisotopic (exact) mass is 399 g/mol. The lowest BCUT2D eigenvalue weighted by Gasteiger charge is -2.14. The molecule has 1 heterocycles. The molecule has 0 spiro atoms. The number of aryl methyl sites for hydroxylation is 1. The van der Waals surface area contributed by atoms with Crippen molar-refractivity contribution in [2.45, 2.75) is 18.7 Å². The van der Waals surface area contributed by atoms with Crippen molar-refractivity contribution in [1.29, 1.82) is 0 Å². The molecule has 0 aliphatic rings. The van der Waals surface area contributed by atoms with Crippen LogP contribution >= 0.6 is 0 Å². The van der Waals surface area contributed by atoms with Crippen LogP contribution < -0.4 is 10.0 Å². The first kappa shape index (κ1) is 19.5. The number of benzene rings is 2. The quantitative estimate of drug-likeness (QED) is 0.681. The summed E-state index contributed by atoms with van der Waals surface area (Å²) in [5.41, 5.74) is 1.92. The second-order valence-electron chi connectivity index (χ2n) is 6.19. The summed E-state index contributed by atoms with van der Waals surface area (Å²) in [6, 6.07) is 11.8. The molecule has 8 heteroatoms. The molecule has 0 aliphatic heterocycles. The van der Waals surface area contributed by atoms with Crippen LogP contribution in [-0.2, 0) is 10.0 Å². The Bertz CT molecular complexity index is 1130. The van der Waals surface area contributed by atoms with Gasteiger partial charge < -0.3 is 5.32 Å². The summed E-state index contributed by atoms with van der Waals surface area (Å²) in [6.07, 6.45) is 3.02. The highest BCUT2D eigenvalue weighted by molar-refractivity contribution is 7.92. The second kappa shape index (κ2) is 7.77. The van der Waals surface area contributed by atoms with Crippen LogP contribution in [0.4, 0.5) is 15.8 Å². The minimum atomic E-state index is -3.99. The topological polar surface area (TPSA) is 88.2 Å². The van der Waals surface area contributed by atoms with Crippen LogP contribution in [0.15, 0.2) is 65.8 Å². The van der Waals surface area contributed by atoms with E-state index >= 15 is 0 Å². The number of carbonyl (C=O) groups excluding carboxylic acids is 1. The Labute approximate surface area is 162 Å². The molecule has 28 heavy (non-hydrogen) atoms. The van der Waals surface area contributed by atoms with E-state index in [0.29, 0.717) is 11.3 Å². The number of pyridine rings is 1. The third-order valence-electron chi connectivity index (χ3n) is 4.19. The Hall–Kier alpha value is -3.26. The molecule has 2 aromatic carbocycles. The zero-order valence-corrected chi connectivity index (χ0v) is 16.0. The number of nitrogens with one attached hydrogen (secondary N) is 2. The van der Waals surface area contributed by atoms with E-state index in [1.807, 2.05) is 0 Å². The third-order valence-corrected chi connectivity index (χ3v) is 5.71. The molecule has 0 saturated heterocycles. The Morgan fingerprint density at radius 1 is 1.04 bits per heavy atom. The zero-order chi connectivity index (χ0) is 20.3. The number of rotatable bonds is 5. The van der Waals surface area contributed by atoms with Gasteiger partial charge in [0.15, 0.2) is 0 Å². The van der Waals surface area contributed by atoms with E-state index in [1.54, 1.807) is 31.2 Å². The Kier molecular flexibility index (Phi) is 5.41. The Balaban J connectivity index is 1.87. The lowest BCUT2D eigenvalue weighted by molar-refractivity contribution is 0.102. The van der Waals surface area contributed by atoms with E-state index in [1.165, 1.54) is 43.6 Å². The van der Waals surface area contributed by atoms with Crippen molar-refractivity contribution in [2.24, 2.45) is 0 Å². The lowest BCUT2D eigenvalue weighted by atomic mass is 10.1. The Morgan fingerprint density at radius 2 is 1.75 bits per heavy atom. The number of sulfonamides is 1. The van der Waals surface area contributed by atoms with Gasteiger partial charge in [0.1, 0.15) is 5.82 Å². The molecule has 3 rings (SSSR count). The molecule has 2 N–H and O–H groups in total. The van der Waals surface area contributed by atoms with Crippen molar-refractivity contribution in [2.75, 3.05) is 10.0 Å². The summed E-state index contributed by atoms with van der Waals surface area (Å²) in [5.74, 6) is -0.941. The van der Waals surface area contributed by atoms with E-state index in [4.69, 9.17) is 0 Å². The molecule has 0 unspecified atom stereocenters. The maximum absolute atomic E-state index is 13.7. The SMILES string of the molecule is Cc1ccc(NS(=O)(=O)c2cccc(F)c2C)cc1NC(=O)c1ccncc1. The average molecular weight is 399 g/mol. The molecule has 1 amide bonds. The van der Waals surface area contributed by atoms with E-state index in [2.05, 4.69) is 15.0 Å². The predicted molar refractivity (Wildman–Crippen MR) is 105 cm³/mol. The van der Waals surface area contributed by atoms with Gasteiger partial charge in [-0.15, -0.1) is 0 Å². The summed E-state index contributed by atoms with van der Waals surface area (Å²) in [7, 11) is -3.99. The van der Waals surface area contributed by atoms with Crippen LogP contribution in [0.5, 0.6) is 0 Å². The fourth-order valence-corrected chi connectivity index (χ4v) is 3.91. The summed E-state index contributed by atoms with van der Waals surface area (Å²) in [6.45, 7) is 3.19. The van der Waals surface area contributed by atoms with Crippen LogP contribution in [0.2, 0.25) is 0 Å². The van der Waals surface area contributed by atoms with Crippen LogP contribution in [0, 0.1) is 19.7 Å². The molecule has 6 nitrogen and oxygen atoms in total. The van der Waals surface area contributed by atoms with Crippen LogP contribution in [0.3, 0.4) is 0 Å². The number of carbonyl (C=O) groups is 1. The standard InChI is InChI=1S/C20H18FN3O3S/c1-13-6-7-16(12-18(13)23-20(25)15-8-10-22-11-9-15)24-28(26,27)19-5-3-4-17(21)14(19)2/h3-12,24H,1-2H3,(H,23,25). The fourth-order valence-electron chi connectivity index (χ4n) is 2.61. The third kappa shape index (κ3) is 4.17. The number of hydrogen-bond acceptors (Lipinski definition) is 4. The van der Waals surface area contributed by atoms with Crippen LogP contribution in [0.1, 0.15) is 21.5 Å². The average Bonchev–Trinajstić information content (AvgIpc) is 2.67. The molecule has 144 valence electrons. The largest absolute Gasteiger partial charge is 0.322 e. The summed E-state index contributed by atoms with van der Waals surface area (Å²) >= 11 is 0. The van der Waals surface area contributed by atoms with Crippen LogP contribution in [0.25, 0.3) is 0 Å². The summed E-state index contributed by atoms with van der Waals surface area (Å²) < 4.78 is 41.4. The van der Waals surface area contributed by atoms with Crippen molar-refractivity contribution < 1.29 is 17.6 Å². The van der Waals surface area contributed by atoms with Crippen molar-refractivity contribution in [3.63, 3.8) is 0 Å². The van der Waals surface area contributed by atoms with Gasteiger partial charge in [-0.2, -0.15) is 0 Å². The molecule has 0 aliphatic carbocycles. The predicted octanol–water partition coefficient (Wildman–Crippen LogP) is 3.89. The van der Waals surface area contributed by atoms with Gasteiger partial charge in [0.05, 0.1) is 10.6 Å². The normalized spacial score (nSPS) is 11.1. The van der Waals surface area contributed by atoms with Crippen molar-refractivity contribution in [1.82, 2.24) is 4.98 Å². The zero-order valence-electron chi connectivity index (χ0n) is 15.2. The molecule has 0 radical (unpaired) electrons. The van der Waals surface area contributed by atoms with Crippen LogP contribution in [-0.4, -0.2) is 19.3 Å². The first-order valence-corrected chi connectivity index (χ1v) is 9.86. The summed E-state index contributed by atoms with van der Waals surface area (Å²) in [5, 5.41) is 2.75. The highest BCUT2D eigenvalue weighted by Gasteiger charge is 2.19. The Morgan fingerprint density at radius 3 is 2.46 bits per heavy atom. The molecule has 0 fully saturated rings. The smallest absolute Gasteiger partial charge is 0.262 e. The number of aromatic nitrogens is 1. The molecule has 3 aromatic rings. The van der Waals surface area contributed by atoms with E-state index in [-0.39, 0.29) is 22.1 Å². The maximum atomic E-state index is 13.7. The number of halogens is 1. The fraction of sp³-hybridized carbons (Fsp3) is 0.100. The highest BCUT2D eigenvalue weighted by atomic mass is 32.2. The lowest BCUT2D eigenvalue weighted by Crippen LogP contribution is -2.16. The van der Waals surface area contributed by atoms with Gasteiger partial charge in [0.25, 0.3) is 15.9 Å². The van der Waals surface area contributed by atoms with E-state index in [9.17, 15) is 17.6 Å². The summed E-state index contributed by atoms with van der Waals surface area (Å²) in [4.78, 5) is 16.1. The van der Waals surface area contributed by atoms with Gasteiger partial charge in [-0.3, -0.25) is 14.5 Å². The first-order chi connectivity index (χ1) is 13.3. The van der Waals surface area contributed by atoms with E-state index in [0.717, 1.165) is 5.56 Å². The van der Waals surface area contributed by atoms with Gasteiger partial charge in [0, 0.05) is 29.2 Å². The molecular weight excluding hydrogens is 381 g/mol. The number of nitrogens with zero attached hydrogens (tertiary/aromatic N) is 1. The molecule has 0 saturated carbocycles. The molecule has 0 bridgehead atoms. The van der Waals surface area contributed by atoms with Crippen molar-refractivity contribution >= 4 is 27.3 Å². The minimum absolute atomic E-state index is 0.0355. The molecule has 0 atom stereocenters. The van der Waals surface area contributed by atoms with Gasteiger partial charge in [-0.1, -0.05) is 12.1 Å². The second-order valence-corrected chi connectivity index (χ2v) is 7.84. The number of amides is 1. The van der Waals surface area contributed by atoms with Gasteiger partial charge in [-0.05, 0) is 55.8 Å². The minimum Gasteiger partial charge on any atom is -0.322 e. The van der Waals surface area contributed by atoms with Gasteiger partial charge >= 0.3 is 0 Å². The van der Waals surface area contributed by atoms with Gasteiger partial charge in [0.2, 0.25) is 0 Å². The number of hydrogen-bond donors (Lipinski definition) is 2. The molecular formula is C20H18FN3O3S. The maximum Gasteiger partial charge on any atom is 0.262 e. The van der Waals surface area contributed by atoms with E-state index < -0.39 is 15.8 Å². The first-order valence-electron chi connectivity index (χ1n) is 8.38. The van der Waals surface area contributed by atoms with Crippen molar-refractivity contribution in [3.8, 4) is 0 Å². The van der Waals surface area contributed by atoms with Crippen molar-refractivity contribution in [3.05, 3.63) is 83.4 Å². The number of anilines is 2. The highest BCUT2D eigenvalue weighted by Crippen LogP contribution is 2.25. The van der Waals surface area contributed by atoms with Gasteiger partial charge in [-0.25, -0.2) is 12.8 Å².